The molecule has 1 fully saturated rings. The molecule has 2 aromatic rings. The summed E-state index contributed by atoms with van der Waals surface area (Å²) >= 11 is 1.33. The number of fused-ring (bicyclic) bond motifs is 1. The highest BCUT2D eigenvalue weighted by atomic mass is 32.2. The summed E-state index contributed by atoms with van der Waals surface area (Å²) in [6.07, 6.45) is 2.81. The Balaban J connectivity index is 1.79. The van der Waals surface area contributed by atoms with Gasteiger partial charge in [0.05, 0.1) is 16.8 Å². The summed E-state index contributed by atoms with van der Waals surface area (Å²) in [6.45, 7) is 4.06. The van der Waals surface area contributed by atoms with Crippen molar-refractivity contribution >= 4 is 43.2 Å². The third-order valence-corrected chi connectivity index (χ3v) is 7.39. The quantitative estimate of drug-likeness (QED) is 0.633. The molecule has 1 aliphatic rings. The highest BCUT2D eigenvalue weighted by Gasteiger charge is 2.25. The number of nitrogens with zero attached hydrogens (tertiary/aromatic N) is 3. The number of sulfone groups is 1. The number of piperidine rings is 1. The number of thiazole rings is 1. The maximum atomic E-state index is 12.4. The van der Waals surface area contributed by atoms with Crippen molar-refractivity contribution in [1.82, 2.24) is 9.47 Å². The van der Waals surface area contributed by atoms with E-state index in [1.165, 1.54) is 11.3 Å². The SMILES string of the molecule is COCCn1c(=NC(=O)CS(=O)(=O)CC(=O)N2CCCCC2)sc2cc(C)ccc21. The second-order valence-corrected chi connectivity index (χ2v) is 10.6. The zero-order chi connectivity index (χ0) is 21.7. The van der Waals surface area contributed by atoms with E-state index in [2.05, 4.69) is 4.99 Å². The van der Waals surface area contributed by atoms with E-state index in [0.29, 0.717) is 31.0 Å². The van der Waals surface area contributed by atoms with Gasteiger partial charge in [0, 0.05) is 26.7 Å². The highest BCUT2D eigenvalue weighted by Crippen LogP contribution is 2.19. The van der Waals surface area contributed by atoms with E-state index in [1.807, 2.05) is 29.7 Å². The predicted octanol–water partition coefficient (Wildman–Crippen LogP) is 1.51. The van der Waals surface area contributed by atoms with Crippen LogP contribution in [0, 0.1) is 6.92 Å². The molecule has 0 radical (unpaired) electrons. The van der Waals surface area contributed by atoms with Crippen LogP contribution in [0.4, 0.5) is 0 Å². The number of methoxy groups -OCH3 is 1. The van der Waals surface area contributed by atoms with Crippen LogP contribution in [0.3, 0.4) is 0 Å². The Morgan fingerprint density at radius 3 is 2.60 bits per heavy atom. The lowest BCUT2D eigenvalue weighted by Gasteiger charge is -2.26. The fourth-order valence-corrected chi connectivity index (χ4v) is 5.74. The van der Waals surface area contributed by atoms with Crippen molar-refractivity contribution in [2.75, 3.05) is 38.3 Å². The van der Waals surface area contributed by atoms with Crippen LogP contribution in [0.2, 0.25) is 0 Å². The van der Waals surface area contributed by atoms with E-state index >= 15 is 0 Å². The van der Waals surface area contributed by atoms with Gasteiger partial charge in [-0.05, 0) is 43.9 Å². The molecule has 0 unspecified atom stereocenters. The zero-order valence-electron chi connectivity index (χ0n) is 17.3. The van der Waals surface area contributed by atoms with E-state index in [9.17, 15) is 18.0 Å². The summed E-state index contributed by atoms with van der Waals surface area (Å²) in [5, 5.41) is 0. The molecule has 1 aliphatic heterocycles. The molecule has 0 spiro atoms. The molecule has 0 bridgehead atoms. The lowest BCUT2D eigenvalue weighted by Crippen LogP contribution is -2.40. The van der Waals surface area contributed by atoms with E-state index in [-0.39, 0.29) is 0 Å². The maximum Gasteiger partial charge on any atom is 0.263 e. The minimum absolute atomic E-state index is 0.426. The lowest BCUT2D eigenvalue weighted by molar-refractivity contribution is -0.129. The normalized spacial score (nSPS) is 15.7. The molecular weight excluding hydrogens is 426 g/mol. The van der Waals surface area contributed by atoms with E-state index in [4.69, 9.17) is 4.74 Å². The van der Waals surface area contributed by atoms with Gasteiger partial charge in [0.15, 0.2) is 14.6 Å². The molecular formula is C20H27N3O5S2. The summed E-state index contributed by atoms with van der Waals surface area (Å²) in [5.74, 6) is -2.63. The number of aryl methyl sites for hydroxylation is 1. The van der Waals surface area contributed by atoms with Crippen LogP contribution in [0.5, 0.6) is 0 Å². The van der Waals surface area contributed by atoms with Crippen molar-refractivity contribution in [2.45, 2.75) is 32.7 Å². The fraction of sp³-hybridized carbons (Fsp3) is 0.550. The van der Waals surface area contributed by atoms with Crippen molar-refractivity contribution < 1.29 is 22.7 Å². The summed E-state index contributed by atoms with van der Waals surface area (Å²) in [5.41, 5.74) is 2.00. The standard InChI is InChI=1S/C20H27N3O5S2/c1-15-6-7-16-17(12-15)29-20(23(16)10-11-28-2)21-18(24)13-30(26,27)14-19(25)22-8-4-3-5-9-22/h6-7,12H,3-5,8-11,13-14H2,1-2H3. The van der Waals surface area contributed by atoms with Gasteiger partial charge in [-0.1, -0.05) is 17.4 Å². The van der Waals surface area contributed by atoms with Crippen molar-refractivity contribution in [3.8, 4) is 0 Å². The molecule has 10 heteroatoms. The number of carbonyl (C=O) groups excluding carboxylic acids is 2. The van der Waals surface area contributed by atoms with Crippen LogP contribution in [0.15, 0.2) is 23.2 Å². The molecule has 2 amide bonds. The van der Waals surface area contributed by atoms with E-state index in [1.54, 1.807) is 12.0 Å². The Hall–Kier alpha value is -2.04. The second kappa shape index (κ2) is 9.84. The smallest absolute Gasteiger partial charge is 0.263 e. The number of rotatable bonds is 7. The van der Waals surface area contributed by atoms with Gasteiger partial charge in [-0.3, -0.25) is 9.59 Å². The molecule has 0 saturated carbocycles. The van der Waals surface area contributed by atoms with Gasteiger partial charge in [0.2, 0.25) is 5.91 Å². The molecule has 2 heterocycles. The van der Waals surface area contributed by atoms with Gasteiger partial charge in [0.25, 0.3) is 5.91 Å². The average Bonchev–Trinajstić information content (AvgIpc) is 3.01. The number of hydrogen-bond acceptors (Lipinski definition) is 6. The number of aromatic nitrogens is 1. The van der Waals surface area contributed by atoms with Crippen LogP contribution < -0.4 is 4.80 Å². The zero-order valence-corrected chi connectivity index (χ0v) is 18.9. The van der Waals surface area contributed by atoms with Crippen molar-refractivity contribution in [1.29, 1.82) is 0 Å². The third kappa shape index (κ3) is 5.77. The summed E-state index contributed by atoms with van der Waals surface area (Å²) < 4.78 is 32.8. The number of ether oxygens (including phenoxy) is 1. The van der Waals surface area contributed by atoms with Crippen molar-refractivity contribution in [3.63, 3.8) is 0 Å². The molecule has 8 nitrogen and oxygen atoms in total. The minimum atomic E-state index is -3.88. The molecule has 0 atom stereocenters. The van der Waals surface area contributed by atoms with Gasteiger partial charge >= 0.3 is 0 Å². The molecule has 164 valence electrons. The first-order valence-electron chi connectivity index (χ1n) is 9.94. The van der Waals surface area contributed by atoms with Crippen molar-refractivity contribution in [3.05, 3.63) is 28.6 Å². The Labute approximate surface area is 180 Å². The first kappa shape index (κ1) is 22.6. The third-order valence-electron chi connectivity index (χ3n) is 4.97. The fourth-order valence-electron chi connectivity index (χ4n) is 3.47. The van der Waals surface area contributed by atoms with Crippen LogP contribution in [-0.2, 0) is 30.7 Å². The largest absolute Gasteiger partial charge is 0.383 e. The first-order valence-corrected chi connectivity index (χ1v) is 12.6. The topological polar surface area (TPSA) is 98.0 Å². The van der Waals surface area contributed by atoms with Gasteiger partial charge in [-0.25, -0.2) is 8.42 Å². The molecule has 1 aromatic carbocycles. The molecule has 1 aromatic heterocycles. The van der Waals surface area contributed by atoms with Crippen LogP contribution >= 0.6 is 11.3 Å². The Kier molecular flexibility index (Phi) is 7.43. The van der Waals surface area contributed by atoms with Crippen LogP contribution in [0.1, 0.15) is 24.8 Å². The Morgan fingerprint density at radius 2 is 1.90 bits per heavy atom. The molecule has 3 rings (SSSR count). The van der Waals surface area contributed by atoms with Gasteiger partial charge in [-0.15, -0.1) is 0 Å². The number of likely N-dealkylation sites (tertiary alicyclic amines) is 1. The highest BCUT2D eigenvalue weighted by molar-refractivity contribution is 7.92. The maximum absolute atomic E-state index is 12.4. The monoisotopic (exact) mass is 453 g/mol. The summed E-state index contributed by atoms with van der Waals surface area (Å²) in [4.78, 5) is 30.8. The Morgan fingerprint density at radius 1 is 1.17 bits per heavy atom. The van der Waals surface area contributed by atoms with E-state index < -0.39 is 33.2 Å². The van der Waals surface area contributed by atoms with Gasteiger partial charge in [0.1, 0.15) is 11.5 Å². The molecule has 1 saturated heterocycles. The molecule has 30 heavy (non-hydrogen) atoms. The van der Waals surface area contributed by atoms with Crippen molar-refractivity contribution in [2.24, 2.45) is 4.99 Å². The van der Waals surface area contributed by atoms with E-state index in [0.717, 1.165) is 35.0 Å². The van der Waals surface area contributed by atoms with Gasteiger partial charge < -0.3 is 14.2 Å². The summed E-state index contributed by atoms with van der Waals surface area (Å²) in [7, 11) is -2.29. The second-order valence-electron chi connectivity index (χ2n) is 7.48. The summed E-state index contributed by atoms with van der Waals surface area (Å²) in [6, 6.07) is 5.93. The Bertz CT molecular complexity index is 1100. The first-order chi connectivity index (χ1) is 14.3. The molecule has 0 N–H and O–H groups in total. The number of amides is 2. The predicted molar refractivity (Wildman–Crippen MR) is 116 cm³/mol. The van der Waals surface area contributed by atoms with Crippen LogP contribution in [-0.4, -0.2) is 68.0 Å². The average molecular weight is 454 g/mol. The lowest BCUT2D eigenvalue weighted by atomic mass is 10.1. The number of hydrogen-bond donors (Lipinski definition) is 0. The van der Waals surface area contributed by atoms with Crippen LogP contribution in [0.25, 0.3) is 10.2 Å². The number of carbonyl (C=O) groups is 2. The number of benzene rings is 1. The molecule has 0 aliphatic carbocycles. The minimum Gasteiger partial charge on any atom is -0.383 e. The van der Waals surface area contributed by atoms with Gasteiger partial charge in [-0.2, -0.15) is 4.99 Å².